The first-order chi connectivity index (χ1) is 17.9. The van der Waals surface area contributed by atoms with Gasteiger partial charge in [-0.05, 0) is 12.1 Å². The Morgan fingerprint density at radius 2 is 2.08 bits per heavy atom. The lowest BCUT2D eigenvalue weighted by molar-refractivity contribution is 0.0995. The van der Waals surface area contributed by atoms with Crippen LogP contribution in [-0.2, 0) is 13.7 Å². The molecule has 1 aliphatic heterocycles. The van der Waals surface area contributed by atoms with Gasteiger partial charge in [0, 0.05) is 45.2 Å². The van der Waals surface area contributed by atoms with Crippen LogP contribution >= 0.6 is 0 Å². The summed E-state index contributed by atoms with van der Waals surface area (Å²) in [6.07, 6.45) is 5.02. The summed E-state index contributed by atoms with van der Waals surface area (Å²) in [5, 5.41) is 14.8. The number of amides is 1. The van der Waals surface area contributed by atoms with Gasteiger partial charge >= 0.3 is 0 Å². The van der Waals surface area contributed by atoms with Crippen molar-refractivity contribution < 1.29 is 18.4 Å². The molecule has 6 rings (SSSR count). The van der Waals surface area contributed by atoms with Gasteiger partial charge in [-0.3, -0.25) is 9.48 Å². The number of nitrogens with zero attached hydrogens (tertiary/aromatic N) is 8. The van der Waals surface area contributed by atoms with Crippen LogP contribution in [0, 0.1) is 6.92 Å². The zero-order valence-electron chi connectivity index (χ0n) is 20.0. The van der Waals surface area contributed by atoms with Gasteiger partial charge in [0.25, 0.3) is 17.8 Å². The molecule has 0 spiro atoms. The molecule has 0 aliphatic carbocycles. The van der Waals surface area contributed by atoms with Crippen molar-refractivity contribution in [2.75, 3.05) is 23.3 Å². The molecular weight excluding hydrogens is 480 g/mol. The SMILES string of the molecule is Cc1nnc(COc2ccc3nc(N4CC(c5cnc(Nc6cnn(C)c6)c(C(N)=O)n5)C4)oc3c2)o1. The van der Waals surface area contributed by atoms with Crippen LogP contribution in [0.2, 0.25) is 0 Å². The van der Waals surface area contributed by atoms with E-state index in [1.165, 1.54) is 0 Å². The molecule has 4 aromatic heterocycles. The summed E-state index contributed by atoms with van der Waals surface area (Å²) in [6, 6.07) is 5.89. The number of hydrogen-bond acceptors (Lipinski definition) is 12. The van der Waals surface area contributed by atoms with Gasteiger partial charge in [-0.2, -0.15) is 10.1 Å². The van der Waals surface area contributed by atoms with Crippen molar-refractivity contribution in [2.24, 2.45) is 12.8 Å². The first-order valence-electron chi connectivity index (χ1n) is 11.4. The summed E-state index contributed by atoms with van der Waals surface area (Å²) in [6.45, 7) is 3.09. The second-order valence-corrected chi connectivity index (χ2v) is 8.62. The maximum atomic E-state index is 12.0. The minimum absolute atomic E-state index is 0.0461. The Bertz CT molecular complexity index is 1600. The Balaban J connectivity index is 1.12. The lowest BCUT2D eigenvalue weighted by Gasteiger charge is -2.37. The van der Waals surface area contributed by atoms with Crippen LogP contribution in [-0.4, -0.2) is 53.9 Å². The number of ether oxygens (including phenoxy) is 1. The Morgan fingerprint density at radius 1 is 1.22 bits per heavy atom. The molecular formula is C23H22N10O4. The normalized spacial score (nSPS) is 13.6. The summed E-state index contributed by atoms with van der Waals surface area (Å²) >= 11 is 0. The second kappa shape index (κ2) is 8.89. The van der Waals surface area contributed by atoms with Crippen molar-refractivity contribution >= 4 is 34.5 Å². The van der Waals surface area contributed by atoms with Crippen LogP contribution in [0.15, 0.2) is 45.6 Å². The predicted molar refractivity (Wildman–Crippen MR) is 129 cm³/mol. The molecule has 5 heterocycles. The van der Waals surface area contributed by atoms with E-state index < -0.39 is 5.91 Å². The number of nitrogens with two attached hydrogens (primary N) is 1. The topological polar surface area (TPSA) is 176 Å². The molecule has 5 aromatic rings. The molecule has 1 amide bonds. The number of hydrogen-bond donors (Lipinski definition) is 2. The van der Waals surface area contributed by atoms with Crippen molar-refractivity contribution in [3.63, 3.8) is 0 Å². The molecule has 0 bridgehead atoms. The van der Waals surface area contributed by atoms with Crippen molar-refractivity contribution in [1.82, 2.24) is 34.9 Å². The van der Waals surface area contributed by atoms with E-state index in [-0.39, 0.29) is 24.0 Å². The molecule has 1 aliphatic rings. The van der Waals surface area contributed by atoms with Gasteiger partial charge in [0.1, 0.15) is 11.3 Å². The maximum absolute atomic E-state index is 12.0. The molecule has 188 valence electrons. The number of anilines is 3. The summed E-state index contributed by atoms with van der Waals surface area (Å²) in [7, 11) is 1.79. The number of fused-ring (bicyclic) bond motifs is 1. The van der Waals surface area contributed by atoms with Crippen molar-refractivity contribution in [3.05, 3.63) is 60.0 Å². The highest BCUT2D eigenvalue weighted by Crippen LogP contribution is 2.33. The predicted octanol–water partition coefficient (Wildman–Crippen LogP) is 2.07. The average molecular weight is 502 g/mol. The van der Waals surface area contributed by atoms with Crippen molar-refractivity contribution in [2.45, 2.75) is 19.4 Å². The third-order valence-corrected chi connectivity index (χ3v) is 5.84. The van der Waals surface area contributed by atoms with Gasteiger partial charge in [-0.25, -0.2) is 9.97 Å². The first-order valence-corrected chi connectivity index (χ1v) is 11.4. The minimum Gasteiger partial charge on any atom is -0.484 e. The van der Waals surface area contributed by atoms with E-state index in [9.17, 15) is 4.79 Å². The van der Waals surface area contributed by atoms with E-state index in [4.69, 9.17) is 19.3 Å². The molecule has 14 nitrogen and oxygen atoms in total. The fraction of sp³-hybridized carbons (Fsp3) is 0.261. The number of benzene rings is 1. The summed E-state index contributed by atoms with van der Waals surface area (Å²) < 4.78 is 18.6. The third-order valence-electron chi connectivity index (χ3n) is 5.84. The van der Waals surface area contributed by atoms with Crippen LogP contribution in [0.4, 0.5) is 17.5 Å². The van der Waals surface area contributed by atoms with Crippen LogP contribution < -0.4 is 20.7 Å². The lowest BCUT2D eigenvalue weighted by Crippen LogP contribution is -2.45. The Labute approximate surface area is 209 Å². The van der Waals surface area contributed by atoms with Gasteiger partial charge in [0.2, 0.25) is 5.89 Å². The smallest absolute Gasteiger partial charge is 0.298 e. The monoisotopic (exact) mass is 502 g/mol. The van der Waals surface area contributed by atoms with Gasteiger partial charge in [0.15, 0.2) is 23.7 Å². The molecule has 0 radical (unpaired) electrons. The molecule has 1 saturated heterocycles. The number of aryl methyl sites for hydroxylation is 2. The van der Waals surface area contributed by atoms with Gasteiger partial charge in [-0.15, -0.1) is 10.2 Å². The third kappa shape index (κ3) is 4.51. The summed E-state index contributed by atoms with van der Waals surface area (Å²) in [5.41, 5.74) is 8.30. The van der Waals surface area contributed by atoms with Gasteiger partial charge in [0.05, 0.1) is 23.8 Å². The molecule has 37 heavy (non-hydrogen) atoms. The van der Waals surface area contributed by atoms with Crippen LogP contribution in [0.1, 0.15) is 33.9 Å². The molecule has 14 heteroatoms. The van der Waals surface area contributed by atoms with Crippen molar-refractivity contribution in [1.29, 1.82) is 0 Å². The first kappa shape index (κ1) is 22.5. The molecule has 0 atom stereocenters. The number of primary amides is 1. The minimum atomic E-state index is -0.664. The van der Waals surface area contributed by atoms with E-state index in [0.717, 1.165) is 0 Å². The largest absolute Gasteiger partial charge is 0.484 e. The van der Waals surface area contributed by atoms with Crippen LogP contribution in [0.3, 0.4) is 0 Å². The zero-order chi connectivity index (χ0) is 25.5. The van der Waals surface area contributed by atoms with E-state index in [0.29, 0.717) is 59.1 Å². The molecule has 0 unspecified atom stereocenters. The molecule has 3 N–H and O–H groups in total. The molecule has 1 fully saturated rings. The summed E-state index contributed by atoms with van der Waals surface area (Å²) in [5.74, 6) is 1.14. The number of aromatic nitrogens is 7. The highest BCUT2D eigenvalue weighted by atomic mass is 16.5. The van der Waals surface area contributed by atoms with E-state index in [2.05, 4.69) is 35.6 Å². The fourth-order valence-electron chi connectivity index (χ4n) is 3.97. The standard InChI is InChI=1S/C23H22N10O4/c1-12-30-31-19(36-12)11-35-15-3-4-16-18(5-15)37-23(29-16)33-8-13(9-33)17-7-25-22(20(28-17)21(24)34)27-14-6-26-32(2)10-14/h3-7,10,13H,8-9,11H2,1-2H3,(H2,24,34)(H,25,27). The van der Waals surface area contributed by atoms with Crippen LogP contribution in [0.25, 0.3) is 11.1 Å². The quantitative estimate of drug-likeness (QED) is 0.316. The lowest BCUT2D eigenvalue weighted by atomic mass is 9.97. The van der Waals surface area contributed by atoms with Crippen molar-refractivity contribution in [3.8, 4) is 5.75 Å². The van der Waals surface area contributed by atoms with E-state index >= 15 is 0 Å². The maximum Gasteiger partial charge on any atom is 0.298 e. The highest BCUT2D eigenvalue weighted by Gasteiger charge is 2.33. The fourth-order valence-corrected chi connectivity index (χ4v) is 3.97. The number of nitrogens with one attached hydrogen (secondary N) is 1. The highest BCUT2D eigenvalue weighted by molar-refractivity contribution is 5.96. The zero-order valence-corrected chi connectivity index (χ0v) is 20.0. The van der Waals surface area contributed by atoms with E-state index in [1.54, 1.807) is 49.4 Å². The van der Waals surface area contributed by atoms with Crippen LogP contribution in [0.5, 0.6) is 5.75 Å². The Morgan fingerprint density at radius 3 is 2.81 bits per heavy atom. The number of carbonyl (C=O) groups is 1. The molecule has 1 aromatic carbocycles. The van der Waals surface area contributed by atoms with Gasteiger partial charge in [-0.1, -0.05) is 0 Å². The van der Waals surface area contributed by atoms with Gasteiger partial charge < -0.3 is 29.5 Å². The Kier molecular flexibility index (Phi) is 5.40. The summed E-state index contributed by atoms with van der Waals surface area (Å²) in [4.78, 5) is 27.5. The number of carbonyl (C=O) groups excluding carboxylic acids is 1. The average Bonchev–Trinajstić information content (AvgIpc) is 3.57. The number of rotatable bonds is 8. The van der Waals surface area contributed by atoms with E-state index in [1.807, 2.05) is 11.0 Å². The molecule has 0 saturated carbocycles. The number of oxazole rings is 1. The Hall–Kier alpha value is -5.01. The second-order valence-electron chi connectivity index (χ2n) is 8.62.